The molecule has 0 amide bonds. The fourth-order valence-corrected chi connectivity index (χ4v) is 4.50. The summed E-state index contributed by atoms with van der Waals surface area (Å²) in [5, 5.41) is 3.28. The highest BCUT2D eigenvalue weighted by atomic mass is 32.2. The van der Waals surface area contributed by atoms with Crippen molar-refractivity contribution < 1.29 is 13.2 Å². The Morgan fingerprint density at radius 3 is 2.86 bits per heavy atom. The van der Waals surface area contributed by atoms with Crippen LogP contribution in [-0.2, 0) is 10.0 Å². The second-order valence-corrected chi connectivity index (χ2v) is 7.28. The van der Waals surface area contributed by atoms with Crippen molar-refractivity contribution in [1.29, 1.82) is 0 Å². The lowest BCUT2D eigenvalue weighted by Crippen LogP contribution is -2.49. The quantitative estimate of drug-likeness (QED) is 0.870. The number of piperazine rings is 1. The van der Waals surface area contributed by atoms with Gasteiger partial charge in [0, 0.05) is 25.2 Å². The third kappa shape index (κ3) is 3.75. The van der Waals surface area contributed by atoms with Crippen LogP contribution in [0.2, 0.25) is 0 Å². The molecule has 1 fully saturated rings. The minimum Gasteiger partial charge on any atom is -0.496 e. The number of nitrogens with zero attached hydrogens (tertiary/aromatic N) is 1. The molecule has 0 aromatic heterocycles. The van der Waals surface area contributed by atoms with Crippen LogP contribution in [0.1, 0.15) is 31.4 Å². The Morgan fingerprint density at radius 2 is 2.14 bits per heavy atom. The molecule has 5 nitrogen and oxygen atoms in total. The van der Waals surface area contributed by atoms with Crippen LogP contribution >= 0.6 is 0 Å². The molecule has 0 bridgehead atoms. The largest absolute Gasteiger partial charge is 0.496 e. The first kappa shape index (κ1) is 16.3. The Hall–Kier alpha value is -1.11. The van der Waals surface area contributed by atoms with E-state index in [2.05, 4.69) is 5.32 Å². The third-order valence-electron chi connectivity index (χ3n) is 3.81. The van der Waals surface area contributed by atoms with E-state index >= 15 is 0 Å². The van der Waals surface area contributed by atoms with Crippen molar-refractivity contribution in [1.82, 2.24) is 9.62 Å². The molecule has 0 radical (unpaired) electrons. The number of rotatable bonds is 6. The average Bonchev–Trinajstić information content (AvgIpc) is 2.53. The number of para-hydroxylation sites is 1. The molecule has 0 spiro atoms. The molecule has 0 saturated carbocycles. The minimum atomic E-state index is -3.23. The first-order valence-electron chi connectivity index (χ1n) is 7.43. The highest BCUT2D eigenvalue weighted by Gasteiger charge is 2.34. The lowest BCUT2D eigenvalue weighted by Gasteiger charge is -2.36. The van der Waals surface area contributed by atoms with Gasteiger partial charge in [0.15, 0.2) is 0 Å². The van der Waals surface area contributed by atoms with Crippen LogP contribution in [0.25, 0.3) is 0 Å². The standard InChI is InChI=1S/C15H24N2O3S/c1-3-4-11-21(18,19)17-10-9-16-12-14(17)13-7-5-6-8-15(13)20-2/h5-8,14,16H,3-4,9-12H2,1-2H3. The number of hydrogen-bond donors (Lipinski definition) is 1. The van der Waals surface area contributed by atoms with Gasteiger partial charge in [0.25, 0.3) is 0 Å². The van der Waals surface area contributed by atoms with E-state index in [0.717, 1.165) is 17.7 Å². The zero-order valence-electron chi connectivity index (χ0n) is 12.7. The first-order valence-corrected chi connectivity index (χ1v) is 9.04. The number of ether oxygens (including phenoxy) is 1. The van der Waals surface area contributed by atoms with E-state index in [9.17, 15) is 8.42 Å². The van der Waals surface area contributed by atoms with Gasteiger partial charge in [-0.3, -0.25) is 0 Å². The highest BCUT2D eigenvalue weighted by Crippen LogP contribution is 2.32. The second kappa shape index (κ2) is 7.24. The Labute approximate surface area is 127 Å². The van der Waals surface area contributed by atoms with E-state index in [4.69, 9.17) is 4.74 Å². The predicted octanol–water partition coefficient (Wildman–Crippen LogP) is 1.77. The van der Waals surface area contributed by atoms with Crippen LogP contribution in [0, 0.1) is 0 Å². The van der Waals surface area contributed by atoms with E-state index in [-0.39, 0.29) is 11.8 Å². The average molecular weight is 312 g/mol. The number of nitrogens with one attached hydrogen (secondary N) is 1. The molecule has 1 atom stereocenters. The van der Waals surface area contributed by atoms with E-state index in [1.165, 1.54) is 0 Å². The summed E-state index contributed by atoms with van der Waals surface area (Å²) in [5.74, 6) is 0.955. The lowest BCUT2D eigenvalue weighted by atomic mass is 10.0. The Balaban J connectivity index is 2.31. The number of unbranched alkanes of at least 4 members (excludes halogenated alkanes) is 1. The van der Waals surface area contributed by atoms with Gasteiger partial charge in [0.2, 0.25) is 10.0 Å². The van der Waals surface area contributed by atoms with Crippen molar-refractivity contribution in [3.8, 4) is 5.75 Å². The van der Waals surface area contributed by atoms with Crippen molar-refractivity contribution >= 4 is 10.0 Å². The van der Waals surface area contributed by atoms with Gasteiger partial charge in [-0.05, 0) is 12.5 Å². The van der Waals surface area contributed by atoms with Crippen LogP contribution in [0.4, 0.5) is 0 Å². The van der Waals surface area contributed by atoms with Crippen molar-refractivity contribution in [2.45, 2.75) is 25.8 Å². The van der Waals surface area contributed by atoms with Gasteiger partial charge in [-0.25, -0.2) is 8.42 Å². The number of benzene rings is 1. The summed E-state index contributed by atoms with van der Waals surface area (Å²) in [7, 11) is -1.61. The maximum atomic E-state index is 12.6. The molecule has 1 heterocycles. The SMILES string of the molecule is CCCCS(=O)(=O)N1CCNCC1c1ccccc1OC. The number of hydrogen-bond acceptors (Lipinski definition) is 4. The molecular weight excluding hydrogens is 288 g/mol. The smallest absolute Gasteiger partial charge is 0.214 e. The molecule has 2 rings (SSSR count). The van der Waals surface area contributed by atoms with Crippen LogP contribution in [0.3, 0.4) is 0 Å². The van der Waals surface area contributed by atoms with Crippen LogP contribution in [0.5, 0.6) is 5.75 Å². The molecular formula is C15H24N2O3S. The minimum absolute atomic E-state index is 0.197. The first-order chi connectivity index (χ1) is 10.1. The summed E-state index contributed by atoms with van der Waals surface area (Å²) in [6, 6.07) is 7.44. The lowest BCUT2D eigenvalue weighted by molar-refractivity contribution is 0.264. The van der Waals surface area contributed by atoms with Crippen molar-refractivity contribution in [3.63, 3.8) is 0 Å². The molecule has 1 saturated heterocycles. The van der Waals surface area contributed by atoms with E-state index in [1.807, 2.05) is 31.2 Å². The van der Waals surface area contributed by atoms with Crippen molar-refractivity contribution in [3.05, 3.63) is 29.8 Å². The summed E-state index contributed by atoms with van der Waals surface area (Å²) in [5.41, 5.74) is 0.923. The van der Waals surface area contributed by atoms with Gasteiger partial charge in [0.05, 0.1) is 18.9 Å². The molecule has 1 aromatic carbocycles. The molecule has 118 valence electrons. The van der Waals surface area contributed by atoms with Crippen molar-refractivity contribution in [2.75, 3.05) is 32.5 Å². The predicted molar refractivity (Wildman–Crippen MR) is 84.0 cm³/mol. The maximum absolute atomic E-state index is 12.6. The number of sulfonamides is 1. The second-order valence-electron chi connectivity index (χ2n) is 5.24. The summed E-state index contributed by atoms with van der Waals surface area (Å²) in [4.78, 5) is 0. The molecule has 1 aromatic rings. The molecule has 1 aliphatic rings. The fraction of sp³-hybridized carbons (Fsp3) is 0.600. The van der Waals surface area contributed by atoms with Gasteiger partial charge in [-0.2, -0.15) is 4.31 Å². The van der Waals surface area contributed by atoms with Gasteiger partial charge >= 0.3 is 0 Å². The summed E-state index contributed by atoms with van der Waals surface area (Å²) in [6.45, 7) is 3.82. The molecule has 1 unspecified atom stereocenters. The molecule has 0 aliphatic carbocycles. The normalized spacial score (nSPS) is 20.4. The summed E-state index contributed by atoms with van der Waals surface area (Å²) >= 11 is 0. The topological polar surface area (TPSA) is 58.6 Å². The Kier molecular flexibility index (Phi) is 5.61. The van der Waals surface area contributed by atoms with Gasteiger partial charge in [0.1, 0.15) is 5.75 Å². The zero-order chi connectivity index (χ0) is 15.3. The van der Waals surface area contributed by atoms with Crippen molar-refractivity contribution in [2.24, 2.45) is 0 Å². The monoisotopic (exact) mass is 312 g/mol. The maximum Gasteiger partial charge on any atom is 0.214 e. The van der Waals surface area contributed by atoms with E-state index in [1.54, 1.807) is 11.4 Å². The van der Waals surface area contributed by atoms with Gasteiger partial charge in [-0.1, -0.05) is 31.5 Å². The highest BCUT2D eigenvalue weighted by molar-refractivity contribution is 7.89. The summed E-state index contributed by atoms with van der Waals surface area (Å²) < 4.78 is 32.2. The Morgan fingerprint density at radius 1 is 1.38 bits per heavy atom. The number of methoxy groups -OCH3 is 1. The third-order valence-corrected chi connectivity index (χ3v) is 5.76. The van der Waals surface area contributed by atoms with Crippen LogP contribution in [-0.4, -0.2) is 45.2 Å². The van der Waals surface area contributed by atoms with E-state index < -0.39 is 10.0 Å². The van der Waals surface area contributed by atoms with E-state index in [0.29, 0.717) is 26.1 Å². The Bertz CT molecular complexity index is 560. The molecule has 6 heteroatoms. The van der Waals surface area contributed by atoms with Crippen LogP contribution in [0.15, 0.2) is 24.3 Å². The van der Waals surface area contributed by atoms with Crippen LogP contribution < -0.4 is 10.1 Å². The summed E-state index contributed by atoms with van der Waals surface area (Å²) in [6.07, 6.45) is 1.58. The molecule has 1 N–H and O–H groups in total. The zero-order valence-corrected chi connectivity index (χ0v) is 13.5. The van der Waals surface area contributed by atoms with Gasteiger partial charge < -0.3 is 10.1 Å². The van der Waals surface area contributed by atoms with Gasteiger partial charge in [-0.15, -0.1) is 0 Å². The molecule has 21 heavy (non-hydrogen) atoms. The fourth-order valence-electron chi connectivity index (χ4n) is 2.67. The molecule has 1 aliphatic heterocycles.